The van der Waals surface area contributed by atoms with Crippen LogP contribution in [0, 0.1) is 0 Å². The molecule has 0 saturated heterocycles. The lowest BCUT2D eigenvalue weighted by molar-refractivity contribution is -0.139. The molecule has 0 unspecified atom stereocenters. The number of carbonyl (C=O) groups excluding carboxylic acids is 2. The Morgan fingerprint density at radius 3 is 2.50 bits per heavy atom. The van der Waals surface area contributed by atoms with Crippen LogP contribution in [0.2, 0.25) is 0 Å². The molecule has 0 aliphatic heterocycles. The molecule has 10 nitrogen and oxygen atoms in total. The van der Waals surface area contributed by atoms with E-state index in [1.807, 2.05) is 0 Å². The van der Waals surface area contributed by atoms with Crippen LogP contribution in [-0.4, -0.2) is 43.5 Å². The van der Waals surface area contributed by atoms with E-state index in [9.17, 15) is 22.8 Å². The molecule has 0 bridgehead atoms. The lowest BCUT2D eigenvalue weighted by Gasteiger charge is -2.09. The topological polar surface area (TPSA) is 136 Å². The number of methoxy groups -OCH3 is 1. The van der Waals surface area contributed by atoms with Crippen LogP contribution in [0.5, 0.6) is 0 Å². The van der Waals surface area contributed by atoms with Crippen LogP contribution in [0.25, 0.3) is 10.9 Å². The predicted octanol–water partition coefficient (Wildman–Crippen LogP) is 0.486. The predicted molar refractivity (Wildman–Crippen MR) is 108 cm³/mol. The van der Waals surface area contributed by atoms with Crippen LogP contribution < -0.4 is 15.6 Å². The maximum absolute atomic E-state index is 12.4. The van der Waals surface area contributed by atoms with E-state index < -0.39 is 28.4 Å². The molecule has 3 rings (SSSR count). The fourth-order valence-corrected chi connectivity index (χ4v) is 3.57. The van der Waals surface area contributed by atoms with Crippen molar-refractivity contribution in [1.29, 1.82) is 0 Å². The lowest BCUT2D eigenvalue weighted by Crippen LogP contribution is -2.30. The number of fused-ring (bicyclic) bond motifs is 1. The van der Waals surface area contributed by atoms with Crippen molar-refractivity contribution in [2.45, 2.75) is 11.4 Å². The van der Waals surface area contributed by atoms with Gasteiger partial charge in [0.2, 0.25) is 15.9 Å². The van der Waals surface area contributed by atoms with Gasteiger partial charge >= 0.3 is 5.97 Å². The molecule has 2 N–H and O–H groups in total. The molecule has 0 aliphatic rings. The standard InChI is InChI=1S/C19H18N4O6S/c1-29-18(25)10-21-30(27,28)14-8-6-13(7-9-14)22-17(24)11-23-12-20-16-5-3-2-4-15(16)19(23)26/h2-9,12,21H,10-11H2,1H3,(H,22,24). The number of nitrogens with one attached hydrogen (secondary N) is 2. The Morgan fingerprint density at radius 2 is 1.80 bits per heavy atom. The van der Waals surface area contributed by atoms with Crippen LogP contribution in [0.1, 0.15) is 0 Å². The van der Waals surface area contributed by atoms with Crippen molar-refractivity contribution >= 4 is 38.5 Å². The minimum atomic E-state index is -3.90. The smallest absolute Gasteiger partial charge is 0.320 e. The third-order valence-corrected chi connectivity index (χ3v) is 5.55. The van der Waals surface area contributed by atoms with Crippen molar-refractivity contribution < 1.29 is 22.7 Å². The van der Waals surface area contributed by atoms with Crippen molar-refractivity contribution in [3.8, 4) is 0 Å². The largest absolute Gasteiger partial charge is 0.468 e. The zero-order chi connectivity index (χ0) is 21.7. The molecule has 0 atom stereocenters. The number of hydrogen-bond donors (Lipinski definition) is 2. The summed E-state index contributed by atoms with van der Waals surface area (Å²) < 4.78 is 31.9. The fraction of sp³-hybridized carbons (Fsp3) is 0.158. The number of hydrogen-bond acceptors (Lipinski definition) is 7. The molecule has 30 heavy (non-hydrogen) atoms. The molecule has 1 aromatic heterocycles. The first-order valence-corrected chi connectivity index (χ1v) is 10.2. The quantitative estimate of drug-likeness (QED) is 0.521. The first kappa shape index (κ1) is 21.1. The number of rotatable bonds is 7. The van der Waals surface area contributed by atoms with Crippen molar-refractivity contribution in [3.05, 3.63) is 65.2 Å². The molecule has 1 amide bonds. The number of esters is 1. The van der Waals surface area contributed by atoms with Gasteiger partial charge in [-0.05, 0) is 36.4 Å². The van der Waals surface area contributed by atoms with Crippen molar-refractivity contribution in [3.63, 3.8) is 0 Å². The second-order valence-electron chi connectivity index (χ2n) is 6.17. The summed E-state index contributed by atoms with van der Waals surface area (Å²) in [5.74, 6) is -1.20. The zero-order valence-corrected chi connectivity index (χ0v) is 16.7. The molecule has 0 fully saturated rings. The Labute approximate surface area is 171 Å². The Bertz CT molecular complexity index is 1250. The summed E-state index contributed by atoms with van der Waals surface area (Å²) in [6.45, 7) is -0.747. The summed E-state index contributed by atoms with van der Waals surface area (Å²) in [5.41, 5.74) is 0.541. The number of para-hydroxylation sites is 1. The molecule has 3 aromatic rings. The Hall–Kier alpha value is -3.57. The molecule has 0 spiro atoms. The summed E-state index contributed by atoms with van der Waals surface area (Å²) in [5, 5.41) is 2.99. The van der Waals surface area contributed by atoms with E-state index in [4.69, 9.17) is 0 Å². The maximum Gasteiger partial charge on any atom is 0.320 e. The van der Waals surface area contributed by atoms with E-state index in [1.54, 1.807) is 24.3 Å². The van der Waals surface area contributed by atoms with E-state index in [1.165, 1.54) is 35.2 Å². The van der Waals surface area contributed by atoms with Crippen molar-refractivity contribution in [1.82, 2.24) is 14.3 Å². The molecular weight excluding hydrogens is 412 g/mol. The number of carbonyl (C=O) groups is 2. The van der Waals surface area contributed by atoms with Crippen LogP contribution in [-0.2, 0) is 30.9 Å². The zero-order valence-electron chi connectivity index (χ0n) is 15.9. The number of aromatic nitrogens is 2. The molecule has 0 saturated carbocycles. The van der Waals surface area contributed by atoms with Crippen molar-refractivity contribution in [2.24, 2.45) is 0 Å². The van der Waals surface area contributed by atoms with Gasteiger partial charge in [0.25, 0.3) is 5.56 Å². The van der Waals surface area contributed by atoms with Gasteiger partial charge in [-0.1, -0.05) is 12.1 Å². The molecule has 1 heterocycles. The fourth-order valence-electron chi connectivity index (χ4n) is 2.60. The van der Waals surface area contributed by atoms with Gasteiger partial charge in [0, 0.05) is 5.69 Å². The SMILES string of the molecule is COC(=O)CNS(=O)(=O)c1ccc(NC(=O)Cn2cnc3ccccc3c2=O)cc1. The number of amides is 1. The summed E-state index contributed by atoms with van der Waals surface area (Å²) in [4.78, 5) is 39.9. The maximum atomic E-state index is 12.4. The number of nitrogens with zero attached hydrogens (tertiary/aromatic N) is 2. The summed E-state index contributed by atoms with van der Waals surface area (Å²) >= 11 is 0. The van der Waals surface area contributed by atoms with E-state index in [2.05, 4.69) is 19.8 Å². The molecule has 2 aromatic carbocycles. The van der Waals surface area contributed by atoms with Gasteiger partial charge in [-0.15, -0.1) is 0 Å². The second kappa shape index (κ2) is 8.84. The molecule has 156 valence electrons. The Balaban J connectivity index is 1.67. The van der Waals surface area contributed by atoms with E-state index in [0.29, 0.717) is 16.6 Å². The number of sulfonamides is 1. The monoisotopic (exact) mass is 430 g/mol. The molecule has 0 radical (unpaired) electrons. The van der Waals surface area contributed by atoms with Gasteiger partial charge in [-0.2, -0.15) is 4.72 Å². The summed E-state index contributed by atoms with van der Waals surface area (Å²) in [6.07, 6.45) is 1.30. The highest BCUT2D eigenvalue weighted by molar-refractivity contribution is 7.89. The number of anilines is 1. The van der Waals surface area contributed by atoms with E-state index in [-0.39, 0.29) is 17.0 Å². The average molecular weight is 430 g/mol. The number of ether oxygens (including phenoxy) is 1. The average Bonchev–Trinajstić information content (AvgIpc) is 2.74. The van der Waals surface area contributed by atoms with Crippen LogP contribution in [0.15, 0.2) is 64.5 Å². The summed E-state index contributed by atoms with van der Waals surface area (Å²) in [6, 6.07) is 12.2. The van der Waals surface area contributed by atoms with Crippen LogP contribution >= 0.6 is 0 Å². The third kappa shape index (κ3) is 4.88. The highest BCUT2D eigenvalue weighted by atomic mass is 32.2. The van der Waals surface area contributed by atoms with Gasteiger partial charge in [0.15, 0.2) is 0 Å². The van der Waals surface area contributed by atoms with Gasteiger partial charge in [0.05, 0.1) is 29.2 Å². The Morgan fingerprint density at radius 1 is 1.10 bits per heavy atom. The molecular formula is C19H18N4O6S. The molecule has 11 heteroatoms. The lowest BCUT2D eigenvalue weighted by atomic mass is 10.2. The highest BCUT2D eigenvalue weighted by Gasteiger charge is 2.16. The van der Waals surface area contributed by atoms with Crippen molar-refractivity contribution in [2.75, 3.05) is 19.0 Å². The first-order valence-electron chi connectivity index (χ1n) is 8.71. The van der Waals surface area contributed by atoms with Gasteiger partial charge in [-0.3, -0.25) is 19.0 Å². The minimum absolute atomic E-state index is 0.0839. The van der Waals surface area contributed by atoms with Crippen LogP contribution in [0.3, 0.4) is 0 Å². The van der Waals surface area contributed by atoms with Gasteiger partial charge in [-0.25, -0.2) is 13.4 Å². The minimum Gasteiger partial charge on any atom is -0.468 e. The Kier molecular flexibility index (Phi) is 6.23. The molecule has 0 aliphatic carbocycles. The van der Waals surface area contributed by atoms with Crippen LogP contribution in [0.4, 0.5) is 5.69 Å². The highest BCUT2D eigenvalue weighted by Crippen LogP contribution is 2.14. The number of benzene rings is 2. The van der Waals surface area contributed by atoms with Gasteiger partial charge < -0.3 is 10.1 Å². The normalized spacial score (nSPS) is 11.2. The first-order chi connectivity index (χ1) is 14.3. The van der Waals surface area contributed by atoms with Gasteiger partial charge in [0.1, 0.15) is 13.1 Å². The third-order valence-electron chi connectivity index (χ3n) is 4.13. The van der Waals surface area contributed by atoms with E-state index in [0.717, 1.165) is 7.11 Å². The van der Waals surface area contributed by atoms with E-state index >= 15 is 0 Å². The summed E-state index contributed by atoms with van der Waals surface area (Å²) in [7, 11) is -2.75. The second-order valence-corrected chi connectivity index (χ2v) is 7.93.